The van der Waals surface area contributed by atoms with Gasteiger partial charge < -0.3 is 10.8 Å². The Hall–Kier alpha value is -1.13. The molecule has 0 unspecified atom stereocenters. The molecule has 3 N–H and O–H groups in total. The molecule has 0 saturated heterocycles. The molecule has 3 nitrogen and oxygen atoms in total. The molecule has 0 saturated carbocycles. The van der Waals surface area contributed by atoms with Crippen LogP contribution in [-0.2, 0) is 11.2 Å². The van der Waals surface area contributed by atoms with Gasteiger partial charge in [0.05, 0.1) is 5.02 Å². The summed E-state index contributed by atoms with van der Waals surface area (Å²) in [6, 6.07) is 3.16. The maximum Gasteiger partial charge on any atom is 0.320 e. The van der Waals surface area contributed by atoms with Crippen molar-refractivity contribution < 1.29 is 14.3 Å². The van der Waals surface area contributed by atoms with Gasteiger partial charge in [0, 0.05) is 0 Å². The fourth-order valence-corrected chi connectivity index (χ4v) is 1.23. The Kier molecular flexibility index (Phi) is 3.43. The van der Waals surface area contributed by atoms with E-state index in [2.05, 4.69) is 0 Å². The standard InChI is InChI=1S/C9H9ClFNO2/c10-8-5(2-1-3-6(8)11)4-7(12)9(13)14/h1-3,7H,4,12H2,(H,13,14)/t7-/m1/s1. The molecule has 0 aliphatic heterocycles. The number of carboxylic acid groups (broad SMARTS) is 1. The van der Waals surface area contributed by atoms with Crippen molar-refractivity contribution >= 4 is 17.6 Å². The summed E-state index contributed by atoms with van der Waals surface area (Å²) in [4.78, 5) is 10.4. The Balaban J connectivity index is 2.87. The number of hydrogen-bond donors (Lipinski definition) is 2. The van der Waals surface area contributed by atoms with Crippen molar-refractivity contribution in [3.05, 3.63) is 34.6 Å². The maximum atomic E-state index is 12.9. The van der Waals surface area contributed by atoms with Crippen LogP contribution in [0.1, 0.15) is 5.56 Å². The molecule has 0 bridgehead atoms. The van der Waals surface area contributed by atoms with E-state index in [-0.39, 0.29) is 11.4 Å². The number of carbonyl (C=O) groups is 1. The van der Waals surface area contributed by atoms with Gasteiger partial charge in [-0.25, -0.2) is 4.39 Å². The Bertz CT molecular complexity index is 357. The Labute approximate surface area is 85.3 Å². The molecule has 1 rings (SSSR count). The zero-order valence-electron chi connectivity index (χ0n) is 7.21. The zero-order chi connectivity index (χ0) is 10.7. The summed E-state index contributed by atoms with van der Waals surface area (Å²) in [6.45, 7) is 0. The molecule has 0 radical (unpaired) electrons. The fraction of sp³-hybridized carbons (Fsp3) is 0.222. The molecule has 1 aromatic carbocycles. The monoisotopic (exact) mass is 217 g/mol. The van der Waals surface area contributed by atoms with Crippen LogP contribution in [0.15, 0.2) is 18.2 Å². The molecule has 0 aromatic heterocycles. The van der Waals surface area contributed by atoms with Gasteiger partial charge >= 0.3 is 5.97 Å². The van der Waals surface area contributed by atoms with Crippen molar-refractivity contribution in [3.63, 3.8) is 0 Å². The zero-order valence-corrected chi connectivity index (χ0v) is 7.96. The minimum atomic E-state index is -1.13. The minimum Gasteiger partial charge on any atom is -0.480 e. The lowest BCUT2D eigenvalue weighted by Gasteiger charge is -2.08. The highest BCUT2D eigenvalue weighted by atomic mass is 35.5. The van der Waals surface area contributed by atoms with Gasteiger partial charge in [0.15, 0.2) is 0 Å². The molecular weight excluding hydrogens is 209 g/mol. The van der Waals surface area contributed by atoms with Crippen LogP contribution >= 0.6 is 11.6 Å². The average molecular weight is 218 g/mol. The first kappa shape index (κ1) is 10.9. The molecule has 76 valence electrons. The van der Waals surface area contributed by atoms with E-state index in [1.165, 1.54) is 12.1 Å². The number of hydrogen-bond acceptors (Lipinski definition) is 2. The predicted octanol–water partition coefficient (Wildman–Crippen LogP) is 1.43. The third-order valence-corrected chi connectivity index (χ3v) is 2.21. The fourth-order valence-electron chi connectivity index (χ4n) is 1.03. The summed E-state index contributed by atoms with van der Waals surface area (Å²) in [5.74, 6) is -1.70. The summed E-state index contributed by atoms with van der Waals surface area (Å²) < 4.78 is 12.9. The third kappa shape index (κ3) is 2.43. The highest BCUT2D eigenvalue weighted by molar-refractivity contribution is 6.31. The van der Waals surface area contributed by atoms with E-state index in [1.54, 1.807) is 6.07 Å². The lowest BCUT2D eigenvalue weighted by Crippen LogP contribution is -2.32. The lowest BCUT2D eigenvalue weighted by atomic mass is 10.1. The first-order valence-corrected chi connectivity index (χ1v) is 4.31. The number of carboxylic acids is 1. The van der Waals surface area contributed by atoms with Crippen LogP contribution in [0.25, 0.3) is 0 Å². The van der Waals surface area contributed by atoms with E-state index in [0.29, 0.717) is 5.56 Å². The summed E-state index contributed by atoms with van der Waals surface area (Å²) in [6.07, 6.45) is 0.0198. The van der Waals surface area contributed by atoms with E-state index in [0.717, 1.165) is 0 Å². The maximum absolute atomic E-state index is 12.9. The minimum absolute atomic E-state index is 0.0198. The highest BCUT2D eigenvalue weighted by Crippen LogP contribution is 2.20. The Morgan fingerprint density at radius 3 is 2.86 bits per heavy atom. The lowest BCUT2D eigenvalue weighted by molar-refractivity contribution is -0.138. The number of halogens is 2. The first-order chi connectivity index (χ1) is 6.52. The van der Waals surface area contributed by atoms with Gasteiger partial charge in [0.1, 0.15) is 11.9 Å². The van der Waals surface area contributed by atoms with E-state index in [1.807, 2.05) is 0 Å². The molecular formula is C9H9ClFNO2. The van der Waals surface area contributed by atoms with Crippen molar-refractivity contribution in [2.45, 2.75) is 12.5 Å². The molecule has 1 aromatic rings. The summed E-state index contributed by atoms with van der Waals surface area (Å²) in [5, 5.41) is 8.48. The Morgan fingerprint density at radius 1 is 1.64 bits per heavy atom. The molecule has 14 heavy (non-hydrogen) atoms. The molecule has 0 aliphatic rings. The van der Waals surface area contributed by atoms with Gasteiger partial charge in [-0.3, -0.25) is 4.79 Å². The van der Waals surface area contributed by atoms with Crippen molar-refractivity contribution in [1.82, 2.24) is 0 Å². The van der Waals surface area contributed by atoms with Crippen LogP contribution in [0.5, 0.6) is 0 Å². The van der Waals surface area contributed by atoms with Gasteiger partial charge in [-0.1, -0.05) is 23.7 Å². The van der Waals surface area contributed by atoms with Gasteiger partial charge in [0.2, 0.25) is 0 Å². The van der Waals surface area contributed by atoms with E-state index in [9.17, 15) is 9.18 Å². The van der Waals surface area contributed by atoms with Crippen LogP contribution in [0.3, 0.4) is 0 Å². The van der Waals surface area contributed by atoms with Crippen molar-refractivity contribution in [3.8, 4) is 0 Å². The third-order valence-electron chi connectivity index (χ3n) is 1.79. The highest BCUT2D eigenvalue weighted by Gasteiger charge is 2.15. The van der Waals surface area contributed by atoms with Gasteiger partial charge in [-0.05, 0) is 18.1 Å². The SMILES string of the molecule is N[C@H](Cc1cccc(F)c1Cl)C(=O)O. The van der Waals surface area contributed by atoms with Crippen LogP contribution in [0.2, 0.25) is 5.02 Å². The van der Waals surface area contributed by atoms with Gasteiger partial charge in [-0.2, -0.15) is 0 Å². The van der Waals surface area contributed by atoms with Crippen molar-refractivity contribution in [2.75, 3.05) is 0 Å². The van der Waals surface area contributed by atoms with E-state index >= 15 is 0 Å². The predicted molar refractivity (Wildman–Crippen MR) is 50.7 cm³/mol. The molecule has 0 heterocycles. The van der Waals surface area contributed by atoms with Crippen molar-refractivity contribution in [1.29, 1.82) is 0 Å². The molecule has 0 fully saturated rings. The van der Waals surface area contributed by atoms with Crippen molar-refractivity contribution in [2.24, 2.45) is 5.73 Å². The molecule has 0 aliphatic carbocycles. The molecule has 5 heteroatoms. The second-order valence-corrected chi connectivity index (χ2v) is 3.24. The number of benzene rings is 1. The first-order valence-electron chi connectivity index (χ1n) is 3.93. The van der Waals surface area contributed by atoms with E-state index < -0.39 is 17.8 Å². The quantitative estimate of drug-likeness (QED) is 0.805. The number of rotatable bonds is 3. The molecule has 1 atom stereocenters. The van der Waals surface area contributed by atoms with Gasteiger partial charge in [0.25, 0.3) is 0 Å². The normalized spacial score (nSPS) is 12.5. The summed E-state index contributed by atoms with van der Waals surface area (Å²) in [5.41, 5.74) is 5.69. The van der Waals surface area contributed by atoms with Crippen LogP contribution in [-0.4, -0.2) is 17.1 Å². The van der Waals surface area contributed by atoms with E-state index in [4.69, 9.17) is 22.4 Å². The smallest absolute Gasteiger partial charge is 0.320 e. The molecule has 0 spiro atoms. The van der Waals surface area contributed by atoms with Crippen LogP contribution in [0.4, 0.5) is 4.39 Å². The Morgan fingerprint density at radius 2 is 2.29 bits per heavy atom. The second kappa shape index (κ2) is 4.39. The topological polar surface area (TPSA) is 63.3 Å². The summed E-state index contributed by atoms with van der Waals surface area (Å²) >= 11 is 5.62. The molecule has 0 amide bonds. The van der Waals surface area contributed by atoms with Crippen LogP contribution in [0, 0.1) is 5.82 Å². The van der Waals surface area contributed by atoms with Crippen LogP contribution < -0.4 is 5.73 Å². The number of nitrogens with two attached hydrogens (primary N) is 1. The average Bonchev–Trinajstić information content (AvgIpc) is 2.12. The largest absolute Gasteiger partial charge is 0.480 e. The van der Waals surface area contributed by atoms with Gasteiger partial charge in [-0.15, -0.1) is 0 Å². The second-order valence-electron chi connectivity index (χ2n) is 2.86. The number of aliphatic carboxylic acids is 1. The summed E-state index contributed by atoms with van der Waals surface area (Å²) in [7, 11) is 0.